The number of anilines is 1. The summed E-state index contributed by atoms with van der Waals surface area (Å²) in [5.41, 5.74) is 4.47. The largest absolute Gasteiger partial charge is 0.416 e. The van der Waals surface area contributed by atoms with Gasteiger partial charge in [0.1, 0.15) is 0 Å². The molecular weight excluding hydrogens is 573 g/mol. The molecule has 1 aliphatic rings. The highest BCUT2D eigenvalue weighted by molar-refractivity contribution is 8.01. The van der Waals surface area contributed by atoms with Crippen LogP contribution in [0.25, 0.3) is 10.9 Å². The van der Waals surface area contributed by atoms with Crippen molar-refractivity contribution >= 4 is 34.4 Å². The lowest BCUT2D eigenvalue weighted by atomic mass is 9.99. The summed E-state index contributed by atoms with van der Waals surface area (Å²) in [6, 6.07) is 17.9. The molecule has 6 nitrogen and oxygen atoms in total. The van der Waals surface area contributed by atoms with Crippen LogP contribution in [0.2, 0.25) is 0 Å². The van der Waals surface area contributed by atoms with Crippen molar-refractivity contribution in [3.8, 4) is 0 Å². The predicted octanol–water partition coefficient (Wildman–Crippen LogP) is 6.20. The molecule has 5 rings (SSSR count). The molecule has 1 amide bonds. The van der Waals surface area contributed by atoms with Gasteiger partial charge in [-0.3, -0.25) is 4.79 Å². The van der Waals surface area contributed by atoms with Gasteiger partial charge < -0.3 is 24.6 Å². The molecule has 0 radical (unpaired) electrons. The number of amides is 1. The van der Waals surface area contributed by atoms with Crippen molar-refractivity contribution in [3.05, 3.63) is 101 Å². The number of aryl methyl sites for hydroxylation is 1. The van der Waals surface area contributed by atoms with Gasteiger partial charge in [0, 0.05) is 49.1 Å². The van der Waals surface area contributed by atoms with E-state index in [0.29, 0.717) is 22.8 Å². The van der Waals surface area contributed by atoms with E-state index in [4.69, 9.17) is 0 Å². The number of benzene rings is 3. The van der Waals surface area contributed by atoms with Crippen molar-refractivity contribution in [1.29, 1.82) is 0 Å². The van der Waals surface area contributed by atoms with Crippen LogP contribution in [-0.2, 0) is 32.1 Å². The summed E-state index contributed by atoms with van der Waals surface area (Å²) < 4.78 is 43.8. The molecule has 3 atom stereocenters. The van der Waals surface area contributed by atoms with Gasteiger partial charge in [-0.1, -0.05) is 55.5 Å². The maximum atomic E-state index is 13.8. The number of aliphatic hydroxyl groups is 1. The van der Waals surface area contributed by atoms with Crippen LogP contribution >= 0.6 is 11.9 Å². The van der Waals surface area contributed by atoms with Crippen LogP contribution in [0, 0.1) is 0 Å². The van der Waals surface area contributed by atoms with Crippen molar-refractivity contribution < 1.29 is 23.1 Å². The summed E-state index contributed by atoms with van der Waals surface area (Å²) >= 11 is 1.73. The number of hydrogen-bond acceptors (Lipinski definition) is 5. The van der Waals surface area contributed by atoms with E-state index in [2.05, 4.69) is 39.6 Å². The molecule has 10 heteroatoms. The van der Waals surface area contributed by atoms with E-state index >= 15 is 0 Å². The number of hydrogen-bond donors (Lipinski definition) is 3. The van der Waals surface area contributed by atoms with E-state index in [1.165, 1.54) is 11.6 Å². The van der Waals surface area contributed by atoms with E-state index in [1.807, 2.05) is 49.5 Å². The second kappa shape index (κ2) is 13.0. The molecule has 4 aromatic rings. The van der Waals surface area contributed by atoms with Crippen LogP contribution in [-0.4, -0.2) is 46.6 Å². The first-order valence-corrected chi connectivity index (χ1v) is 15.3. The third-order valence-corrected chi connectivity index (χ3v) is 8.85. The molecule has 43 heavy (non-hydrogen) atoms. The minimum Gasteiger partial charge on any atom is -0.390 e. The minimum absolute atomic E-state index is 0.0818. The van der Waals surface area contributed by atoms with Gasteiger partial charge in [0.25, 0.3) is 5.91 Å². The minimum atomic E-state index is -4.42. The number of halogens is 3. The Morgan fingerprint density at radius 2 is 1.84 bits per heavy atom. The number of alkyl halides is 3. The number of aliphatic hydroxyl groups excluding tert-OH is 1. The van der Waals surface area contributed by atoms with E-state index < -0.39 is 23.9 Å². The fourth-order valence-electron chi connectivity index (χ4n) is 5.69. The number of nitrogens with one attached hydrogen (secondary N) is 2. The molecule has 3 N–H and O–H groups in total. The average molecular weight is 611 g/mol. The molecule has 1 aliphatic heterocycles. The SMILES string of the molecule is CCc1cn2c3c(cc(C(=O)N[C@@H](Cc4ccccc4)[C@H](O)CNCc4cccc(C(F)(F)F)c4)cc13)N(C)SC(C)C2. The zero-order chi connectivity index (χ0) is 30.7. The molecule has 228 valence electrons. The van der Waals surface area contributed by atoms with E-state index in [0.717, 1.165) is 47.3 Å². The molecule has 0 spiro atoms. The van der Waals surface area contributed by atoms with Crippen molar-refractivity contribution in [2.45, 2.75) is 63.4 Å². The molecule has 1 unspecified atom stereocenters. The Bertz CT molecular complexity index is 1570. The van der Waals surface area contributed by atoms with Crippen molar-refractivity contribution in [2.24, 2.45) is 0 Å². The summed E-state index contributed by atoms with van der Waals surface area (Å²) in [7, 11) is 2.02. The topological polar surface area (TPSA) is 69.5 Å². The summed E-state index contributed by atoms with van der Waals surface area (Å²) in [6.07, 6.45) is -2.01. The average Bonchev–Trinajstić information content (AvgIpc) is 3.27. The summed E-state index contributed by atoms with van der Waals surface area (Å²) in [5.74, 6) is -0.290. The van der Waals surface area contributed by atoms with Gasteiger partial charge in [0.15, 0.2) is 0 Å². The summed E-state index contributed by atoms with van der Waals surface area (Å²) in [5, 5.41) is 18.8. The highest BCUT2D eigenvalue weighted by Gasteiger charge is 2.30. The fraction of sp³-hybridized carbons (Fsp3) is 0.364. The second-order valence-corrected chi connectivity index (χ2v) is 12.7. The Kier molecular flexibility index (Phi) is 9.39. The number of aromatic nitrogens is 1. The molecule has 0 saturated heterocycles. The first-order valence-electron chi connectivity index (χ1n) is 14.5. The molecule has 0 bridgehead atoms. The number of rotatable bonds is 10. The van der Waals surface area contributed by atoms with Crippen LogP contribution < -0.4 is 14.9 Å². The van der Waals surface area contributed by atoms with Crippen LogP contribution in [0.5, 0.6) is 0 Å². The van der Waals surface area contributed by atoms with Crippen molar-refractivity contribution in [3.63, 3.8) is 0 Å². The zero-order valence-corrected chi connectivity index (χ0v) is 25.3. The smallest absolute Gasteiger partial charge is 0.390 e. The Labute approximate surface area is 254 Å². The third-order valence-electron chi connectivity index (χ3n) is 7.83. The van der Waals surface area contributed by atoms with Crippen LogP contribution in [0.3, 0.4) is 0 Å². The van der Waals surface area contributed by atoms with Gasteiger partial charge >= 0.3 is 6.18 Å². The second-order valence-electron chi connectivity index (χ2n) is 11.1. The maximum absolute atomic E-state index is 13.8. The molecule has 0 fully saturated rings. The number of nitrogens with zero attached hydrogens (tertiary/aromatic N) is 2. The fourth-order valence-corrected chi connectivity index (χ4v) is 6.71. The Hall–Kier alpha value is -3.47. The molecule has 1 aromatic heterocycles. The first-order chi connectivity index (χ1) is 20.5. The van der Waals surface area contributed by atoms with Gasteiger partial charge in [-0.2, -0.15) is 13.2 Å². The van der Waals surface area contributed by atoms with Gasteiger partial charge in [0.2, 0.25) is 0 Å². The van der Waals surface area contributed by atoms with Gasteiger partial charge in [-0.25, -0.2) is 0 Å². The third kappa shape index (κ3) is 7.20. The monoisotopic (exact) mass is 610 g/mol. The van der Waals surface area contributed by atoms with Gasteiger partial charge in [-0.15, -0.1) is 0 Å². The highest BCUT2D eigenvalue weighted by atomic mass is 32.2. The maximum Gasteiger partial charge on any atom is 0.416 e. The quantitative estimate of drug-likeness (QED) is 0.187. The van der Waals surface area contributed by atoms with Crippen molar-refractivity contribution in [2.75, 3.05) is 17.9 Å². The van der Waals surface area contributed by atoms with Crippen molar-refractivity contribution in [1.82, 2.24) is 15.2 Å². The zero-order valence-electron chi connectivity index (χ0n) is 24.5. The molecule has 0 saturated carbocycles. The van der Waals surface area contributed by atoms with Gasteiger partial charge in [-0.05, 0) is 66.6 Å². The van der Waals surface area contributed by atoms with Crippen LogP contribution in [0.15, 0.2) is 72.9 Å². The standard InChI is InChI=1S/C33H37F3N4O2S/c1-4-24-20-40-19-21(2)43-39(3)29-16-25(15-27(24)31(29)40)32(42)38-28(14-22-9-6-5-7-10-22)30(41)18-37-17-23-11-8-12-26(13-23)33(34,35)36/h5-13,15-16,20-21,28,30,37,41H,4,14,17-19H2,1-3H3,(H,38,42)/t21?,28-,30+/m0/s1. The number of carbonyl (C=O) groups excluding carboxylic acids is 1. The highest BCUT2D eigenvalue weighted by Crippen LogP contribution is 2.39. The molecule has 0 aliphatic carbocycles. The predicted molar refractivity (Wildman–Crippen MR) is 167 cm³/mol. The van der Waals surface area contributed by atoms with E-state index in [9.17, 15) is 23.1 Å². The lowest BCUT2D eigenvalue weighted by Crippen LogP contribution is -2.48. The van der Waals surface area contributed by atoms with E-state index in [-0.39, 0.29) is 19.0 Å². The van der Waals surface area contributed by atoms with Crippen LogP contribution in [0.1, 0.15) is 46.5 Å². The summed E-state index contributed by atoms with van der Waals surface area (Å²) in [6.45, 7) is 5.40. The lowest BCUT2D eigenvalue weighted by Gasteiger charge is -2.25. The summed E-state index contributed by atoms with van der Waals surface area (Å²) in [4.78, 5) is 13.8. The Balaban J connectivity index is 1.36. The Morgan fingerprint density at radius 3 is 2.56 bits per heavy atom. The Morgan fingerprint density at radius 1 is 1.09 bits per heavy atom. The van der Waals surface area contributed by atoms with E-state index in [1.54, 1.807) is 18.0 Å². The molecular formula is C33H37F3N4O2S. The normalized spacial score (nSPS) is 16.6. The molecule has 3 aromatic carbocycles. The van der Waals surface area contributed by atoms with Gasteiger partial charge in [0.05, 0.1) is 28.9 Å². The first kappa shape index (κ1) is 31.0. The lowest BCUT2D eigenvalue weighted by molar-refractivity contribution is -0.137. The van der Waals surface area contributed by atoms with Crippen LogP contribution in [0.4, 0.5) is 18.9 Å². The number of carbonyl (C=O) groups is 1. The molecule has 2 heterocycles.